The maximum atomic E-state index is 12.8. The van der Waals surface area contributed by atoms with Crippen LogP contribution in [0.2, 0.25) is 0 Å². The number of H-pyrrole nitrogens is 1. The lowest BCUT2D eigenvalue weighted by Crippen LogP contribution is -2.51. The number of nitrogens with one attached hydrogen (secondary N) is 1. The predicted octanol–water partition coefficient (Wildman–Crippen LogP) is 3.29. The molecule has 1 fully saturated rings. The number of ketones is 2. The summed E-state index contributed by atoms with van der Waals surface area (Å²) in [6.07, 6.45) is 8.04. The number of Topliss-reactive ketones (excluding diaryl/α,β-unsaturated/α-hetero) is 1. The van der Waals surface area contributed by atoms with Crippen LogP contribution in [0, 0.1) is 45.3 Å². The SMILES string of the molecule is CC1(C)C(=O)C(C#N)=CC2(C)C3=CC(=O)C(C#N)=C(c4ncc[nH]4)C3CCC12. The number of nitriles is 2. The number of nitrogens with zero attached hydrogens (tertiary/aromatic N) is 3. The zero-order chi connectivity index (χ0) is 20.3. The molecule has 3 atom stereocenters. The van der Waals surface area contributed by atoms with Gasteiger partial charge in [-0.15, -0.1) is 0 Å². The van der Waals surface area contributed by atoms with Gasteiger partial charge in [0, 0.05) is 34.7 Å². The van der Waals surface area contributed by atoms with Crippen LogP contribution in [-0.4, -0.2) is 21.5 Å². The number of aromatic amines is 1. The lowest BCUT2D eigenvalue weighted by molar-refractivity contribution is -0.129. The van der Waals surface area contributed by atoms with Crippen molar-refractivity contribution in [2.75, 3.05) is 0 Å². The van der Waals surface area contributed by atoms with Crippen molar-refractivity contribution < 1.29 is 9.59 Å². The number of carbonyl (C=O) groups is 2. The molecule has 1 aromatic rings. The molecule has 1 saturated carbocycles. The van der Waals surface area contributed by atoms with Crippen molar-refractivity contribution in [1.29, 1.82) is 10.5 Å². The molecule has 1 N–H and O–H groups in total. The molecule has 0 aromatic carbocycles. The monoisotopic (exact) mass is 372 g/mol. The lowest BCUT2D eigenvalue weighted by atomic mass is 9.48. The van der Waals surface area contributed by atoms with Gasteiger partial charge < -0.3 is 4.98 Å². The van der Waals surface area contributed by atoms with E-state index in [9.17, 15) is 20.1 Å². The summed E-state index contributed by atoms with van der Waals surface area (Å²) in [7, 11) is 0. The lowest BCUT2D eigenvalue weighted by Gasteiger charge is -2.54. The molecule has 1 aromatic heterocycles. The van der Waals surface area contributed by atoms with Crippen LogP contribution in [0.5, 0.6) is 0 Å². The normalized spacial score (nSPS) is 31.2. The summed E-state index contributed by atoms with van der Waals surface area (Å²) in [6, 6.07) is 4.11. The molecule has 4 rings (SSSR count). The average molecular weight is 372 g/mol. The molecular formula is C22H20N4O2. The number of rotatable bonds is 1. The fourth-order valence-electron chi connectivity index (χ4n) is 5.50. The van der Waals surface area contributed by atoms with Crippen LogP contribution in [0.25, 0.3) is 5.57 Å². The van der Waals surface area contributed by atoms with Gasteiger partial charge in [0.1, 0.15) is 23.5 Å². The van der Waals surface area contributed by atoms with Crippen molar-refractivity contribution in [2.24, 2.45) is 22.7 Å². The van der Waals surface area contributed by atoms with Crippen molar-refractivity contribution in [3.05, 3.63) is 47.1 Å². The van der Waals surface area contributed by atoms with Gasteiger partial charge in [-0.05, 0) is 30.4 Å². The third-order valence-corrected chi connectivity index (χ3v) is 6.75. The van der Waals surface area contributed by atoms with E-state index in [1.54, 1.807) is 24.5 Å². The minimum Gasteiger partial charge on any atom is -0.345 e. The van der Waals surface area contributed by atoms with E-state index in [1.165, 1.54) is 0 Å². The standard InChI is InChI=1S/C22H20N4O2/c1-21(2)17-5-4-13-15(22(17,3)9-12(10-23)19(21)28)8-16(27)14(11-24)18(13)20-25-6-7-26-20/h6-9,13,17H,4-5H2,1-3H3,(H,25,26). The van der Waals surface area contributed by atoms with E-state index in [1.807, 2.05) is 26.8 Å². The first kappa shape index (κ1) is 18.1. The van der Waals surface area contributed by atoms with Crippen LogP contribution < -0.4 is 0 Å². The first-order chi connectivity index (χ1) is 13.3. The van der Waals surface area contributed by atoms with Gasteiger partial charge in [0.05, 0.1) is 5.57 Å². The predicted molar refractivity (Wildman–Crippen MR) is 101 cm³/mol. The smallest absolute Gasteiger partial charge is 0.196 e. The summed E-state index contributed by atoms with van der Waals surface area (Å²) in [5, 5.41) is 19.2. The van der Waals surface area contributed by atoms with Crippen molar-refractivity contribution in [2.45, 2.75) is 33.6 Å². The highest BCUT2D eigenvalue weighted by molar-refractivity contribution is 6.15. The van der Waals surface area contributed by atoms with Gasteiger partial charge in [-0.1, -0.05) is 26.8 Å². The zero-order valence-electron chi connectivity index (χ0n) is 16.0. The van der Waals surface area contributed by atoms with Gasteiger partial charge in [0.25, 0.3) is 0 Å². The van der Waals surface area contributed by atoms with Gasteiger partial charge in [0.15, 0.2) is 11.6 Å². The fraction of sp³-hybridized carbons (Fsp3) is 0.409. The summed E-state index contributed by atoms with van der Waals surface area (Å²) >= 11 is 0. The zero-order valence-corrected chi connectivity index (χ0v) is 16.0. The van der Waals surface area contributed by atoms with E-state index in [0.29, 0.717) is 17.8 Å². The van der Waals surface area contributed by atoms with Crippen LogP contribution in [-0.2, 0) is 9.59 Å². The van der Waals surface area contributed by atoms with E-state index < -0.39 is 10.8 Å². The van der Waals surface area contributed by atoms with Crippen molar-refractivity contribution in [3.63, 3.8) is 0 Å². The minimum atomic E-state index is -0.701. The van der Waals surface area contributed by atoms with Crippen LogP contribution in [0.1, 0.15) is 39.4 Å². The largest absolute Gasteiger partial charge is 0.345 e. The van der Waals surface area contributed by atoms with Crippen LogP contribution in [0.3, 0.4) is 0 Å². The van der Waals surface area contributed by atoms with Gasteiger partial charge in [-0.3, -0.25) is 9.59 Å². The maximum absolute atomic E-state index is 12.8. The molecule has 6 nitrogen and oxygen atoms in total. The Labute approximate surface area is 163 Å². The van der Waals surface area contributed by atoms with E-state index in [-0.39, 0.29) is 34.5 Å². The molecule has 3 unspecified atom stereocenters. The fourth-order valence-corrected chi connectivity index (χ4v) is 5.50. The molecule has 0 radical (unpaired) electrons. The number of hydrogen-bond donors (Lipinski definition) is 1. The second kappa shape index (κ2) is 5.87. The van der Waals surface area contributed by atoms with Gasteiger partial charge >= 0.3 is 0 Å². The van der Waals surface area contributed by atoms with E-state index >= 15 is 0 Å². The van der Waals surface area contributed by atoms with E-state index in [4.69, 9.17) is 0 Å². The Hall–Kier alpha value is -3.25. The molecule has 1 heterocycles. The second-order valence-electron chi connectivity index (χ2n) is 8.49. The van der Waals surface area contributed by atoms with Crippen LogP contribution in [0.15, 0.2) is 41.3 Å². The highest BCUT2D eigenvalue weighted by Gasteiger charge is 2.57. The quantitative estimate of drug-likeness (QED) is 0.813. The molecule has 0 bridgehead atoms. The molecule has 140 valence electrons. The third kappa shape index (κ3) is 2.21. The van der Waals surface area contributed by atoms with Crippen molar-refractivity contribution >= 4 is 17.1 Å². The Morgan fingerprint density at radius 1 is 1.18 bits per heavy atom. The molecule has 0 spiro atoms. The topological polar surface area (TPSA) is 110 Å². The van der Waals surface area contributed by atoms with Crippen LogP contribution in [0.4, 0.5) is 0 Å². The summed E-state index contributed by atoms with van der Waals surface area (Å²) in [5.41, 5.74) is 0.436. The van der Waals surface area contributed by atoms with Gasteiger partial charge in [-0.25, -0.2) is 4.98 Å². The summed E-state index contributed by atoms with van der Waals surface area (Å²) in [6.45, 7) is 5.78. The Morgan fingerprint density at radius 3 is 2.54 bits per heavy atom. The highest BCUT2D eigenvalue weighted by atomic mass is 16.1. The number of imidazole rings is 1. The summed E-state index contributed by atoms with van der Waals surface area (Å²) in [4.78, 5) is 33.0. The van der Waals surface area contributed by atoms with Crippen LogP contribution >= 0.6 is 0 Å². The Bertz CT molecular complexity index is 1070. The van der Waals surface area contributed by atoms with Crippen molar-refractivity contribution in [3.8, 4) is 12.1 Å². The molecule has 0 amide bonds. The summed E-state index contributed by atoms with van der Waals surface area (Å²) in [5.74, 6) is -0.138. The van der Waals surface area contributed by atoms with Crippen molar-refractivity contribution in [1.82, 2.24) is 9.97 Å². The second-order valence-corrected chi connectivity index (χ2v) is 8.49. The molecule has 28 heavy (non-hydrogen) atoms. The van der Waals surface area contributed by atoms with Gasteiger partial charge in [0.2, 0.25) is 0 Å². The molecule has 3 aliphatic rings. The number of aromatic nitrogens is 2. The summed E-state index contributed by atoms with van der Waals surface area (Å²) < 4.78 is 0. The Morgan fingerprint density at radius 2 is 1.93 bits per heavy atom. The number of hydrogen-bond acceptors (Lipinski definition) is 5. The van der Waals surface area contributed by atoms with E-state index in [0.717, 1.165) is 12.0 Å². The molecule has 0 saturated heterocycles. The third-order valence-electron chi connectivity index (χ3n) is 6.75. The number of allylic oxidation sites excluding steroid dienone is 6. The van der Waals surface area contributed by atoms with E-state index in [2.05, 4.69) is 16.0 Å². The molecule has 6 heteroatoms. The molecular weight excluding hydrogens is 352 g/mol. The first-order valence-electron chi connectivity index (χ1n) is 9.34. The molecule has 3 aliphatic carbocycles. The first-order valence-corrected chi connectivity index (χ1v) is 9.34. The van der Waals surface area contributed by atoms with Gasteiger partial charge in [-0.2, -0.15) is 10.5 Å². The maximum Gasteiger partial charge on any atom is 0.196 e. The minimum absolute atomic E-state index is 0.0265. The number of fused-ring (bicyclic) bond motifs is 3. The highest BCUT2D eigenvalue weighted by Crippen LogP contribution is 2.61. The number of carbonyl (C=O) groups excluding carboxylic acids is 2. The molecule has 0 aliphatic heterocycles. The Balaban J connectivity index is 1.94. The average Bonchev–Trinajstić information content (AvgIpc) is 3.18. The Kier molecular flexibility index (Phi) is 3.80.